The van der Waals surface area contributed by atoms with E-state index in [1.165, 1.54) is 21.3 Å². The van der Waals surface area contributed by atoms with Crippen molar-refractivity contribution in [2.45, 2.75) is 76.3 Å². The van der Waals surface area contributed by atoms with Crippen LogP contribution in [0.2, 0.25) is 0 Å². The molecular weight excluding hydrogens is 404 g/mol. The minimum Gasteiger partial charge on any atom is -0.460 e. The van der Waals surface area contributed by atoms with Crippen LogP contribution in [-0.4, -0.2) is 61.3 Å². The highest BCUT2D eigenvalue weighted by atomic mass is 32.2. The normalized spacial score (nSPS) is 18.1. The van der Waals surface area contributed by atoms with E-state index in [4.69, 9.17) is 4.74 Å². The summed E-state index contributed by atoms with van der Waals surface area (Å²) < 4.78 is 32.9. The van der Waals surface area contributed by atoms with Gasteiger partial charge in [0.1, 0.15) is 5.60 Å². The molecule has 2 rings (SSSR count). The number of carbonyl (C=O) groups excluding carboxylic acids is 2. The molecule has 1 heterocycles. The lowest BCUT2D eigenvalue weighted by Crippen LogP contribution is -2.42. The van der Waals surface area contributed by atoms with Crippen molar-refractivity contribution in [2.24, 2.45) is 0 Å². The Morgan fingerprint density at radius 1 is 1.23 bits per heavy atom. The van der Waals surface area contributed by atoms with Crippen LogP contribution >= 0.6 is 0 Å². The predicted octanol–water partition coefficient (Wildman–Crippen LogP) is 3.44. The molecule has 1 unspecified atom stereocenters. The Hall–Kier alpha value is -1.93. The number of nitrogens with zero attached hydrogens (tertiary/aromatic N) is 2. The van der Waals surface area contributed by atoms with Crippen LogP contribution < -0.4 is 0 Å². The highest BCUT2D eigenvalue weighted by Gasteiger charge is 2.31. The second-order valence-corrected chi connectivity index (χ2v) is 10.8. The highest BCUT2D eigenvalue weighted by Crippen LogP contribution is 2.25. The van der Waals surface area contributed by atoms with E-state index >= 15 is 0 Å². The number of hydrogen-bond donors (Lipinski definition) is 0. The Morgan fingerprint density at radius 3 is 2.57 bits per heavy atom. The monoisotopic (exact) mass is 438 g/mol. The second-order valence-electron chi connectivity index (χ2n) is 8.91. The van der Waals surface area contributed by atoms with E-state index in [0.717, 1.165) is 19.3 Å². The summed E-state index contributed by atoms with van der Waals surface area (Å²) in [5, 5.41) is 0. The van der Waals surface area contributed by atoms with Crippen LogP contribution in [0.1, 0.15) is 70.2 Å². The van der Waals surface area contributed by atoms with Gasteiger partial charge in [-0.2, -0.15) is 4.31 Å². The number of benzene rings is 1. The summed E-state index contributed by atoms with van der Waals surface area (Å²) in [7, 11) is -1.99. The molecular formula is C22H34N2O5S. The maximum Gasteiger partial charge on any atom is 0.306 e. The van der Waals surface area contributed by atoms with Crippen molar-refractivity contribution in [1.82, 2.24) is 9.21 Å². The zero-order valence-electron chi connectivity index (χ0n) is 18.7. The number of esters is 1. The molecule has 0 aromatic heterocycles. The first-order valence-electron chi connectivity index (χ1n) is 10.5. The molecule has 0 bridgehead atoms. The maximum absolute atomic E-state index is 13.1. The maximum atomic E-state index is 13.1. The summed E-state index contributed by atoms with van der Waals surface area (Å²) in [4.78, 5) is 26.2. The second kappa shape index (κ2) is 9.92. The van der Waals surface area contributed by atoms with E-state index in [9.17, 15) is 18.0 Å². The van der Waals surface area contributed by atoms with E-state index in [1.807, 2.05) is 27.7 Å². The zero-order chi connectivity index (χ0) is 22.5. The lowest BCUT2D eigenvalue weighted by molar-refractivity contribution is -0.154. The molecule has 1 aromatic rings. The van der Waals surface area contributed by atoms with E-state index in [0.29, 0.717) is 25.1 Å². The molecule has 1 aliphatic heterocycles. The largest absolute Gasteiger partial charge is 0.460 e. The van der Waals surface area contributed by atoms with E-state index < -0.39 is 15.6 Å². The summed E-state index contributed by atoms with van der Waals surface area (Å²) in [5.74, 6) is -0.574. The van der Waals surface area contributed by atoms with Crippen molar-refractivity contribution in [3.63, 3.8) is 0 Å². The first-order chi connectivity index (χ1) is 13.9. The van der Waals surface area contributed by atoms with Gasteiger partial charge in [0.05, 0.1) is 4.90 Å². The molecule has 0 N–H and O–H groups in total. The fraction of sp³-hybridized carbons (Fsp3) is 0.636. The number of ether oxygens (including phenoxy) is 1. The third-order valence-corrected chi connectivity index (χ3v) is 7.08. The van der Waals surface area contributed by atoms with Gasteiger partial charge < -0.3 is 9.64 Å². The van der Waals surface area contributed by atoms with Gasteiger partial charge in [0.2, 0.25) is 10.0 Å². The number of amides is 1. The molecule has 1 aliphatic rings. The Labute approximate surface area is 180 Å². The van der Waals surface area contributed by atoms with Gasteiger partial charge in [0.25, 0.3) is 5.91 Å². The molecule has 1 amide bonds. The lowest BCUT2D eigenvalue weighted by Gasteiger charge is -2.32. The van der Waals surface area contributed by atoms with Crippen LogP contribution in [0.3, 0.4) is 0 Å². The van der Waals surface area contributed by atoms with Crippen LogP contribution in [0.25, 0.3) is 0 Å². The van der Waals surface area contributed by atoms with Crippen LogP contribution in [0, 0.1) is 0 Å². The molecule has 1 atom stereocenters. The molecule has 1 saturated heterocycles. The van der Waals surface area contributed by atoms with Crippen LogP contribution in [-0.2, 0) is 19.6 Å². The van der Waals surface area contributed by atoms with Gasteiger partial charge in [0, 0.05) is 38.2 Å². The van der Waals surface area contributed by atoms with Crippen molar-refractivity contribution in [2.75, 3.05) is 20.1 Å². The quantitative estimate of drug-likeness (QED) is 0.609. The standard InChI is InChI=1S/C22H34N2O5S/c1-17-10-6-7-15-24(17)30(27,28)19-12-8-11-18(16-19)21(26)23(5)14-9-13-20(25)29-22(2,3)4/h8,11-12,16-17H,6-7,9-10,13-15H2,1-5H3. The summed E-state index contributed by atoms with van der Waals surface area (Å²) in [6.07, 6.45) is 3.41. The van der Waals surface area contributed by atoms with Gasteiger partial charge in [-0.15, -0.1) is 0 Å². The number of rotatable bonds is 7. The SMILES string of the molecule is CC1CCCCN1S(=O)(=O)c1cccc(C(=O)N(C)CCCC(=O)OC(C)(C)C)c1. The van der Waals surface area contributed by atoms with Crippen molar-refractivity contribution >= 4 is 21.9 Å². The Morgan fingerprint density at radius 2 is 1.93 bits per heavy atom. The molecule has 7 nitrogen and oxygen atoms in total. The third kappa shape index (κ3) is 6.54. The van der Waals surface area contributed by atoms with Gasteiger partial charge in [-0.25, -0.2) is 8.42 Å². The minimum absolute atomic E-state index is 0.0429. The van der Waals surface area contributed by atoms with Crippen molar-refractivity contribution < 1.29 is 22.7 Å². The first-order valence-corrected chi connectivity index (χ1v) is 11.9. The average molecular weight is 439 g/mol. The molecule has 168 valence electrons. The number of sulfonamides is 1. The number of hydrogen-bond acceptors (Lipinski definition) is 5. The molecule has 0 spiro atoms. The predicted molar refractivity (Wildman–Crippen MR) is 116 cm³/mol. The molecule has 30 heavy (non-hydrogen) atoms. The fourth-order valence-electron chi connectivity index (χ4n) is 3.53. The van der Waals surface area contributed by atoms with Crippen LogP contribution in [0.4, 0.5) is 0 Å². The summed E-state index contributed by atoms with van der Waals surface area (Å²) >= 11 is 0. The van der Waals surface area contributed by atoms with E-state index in [1.54, 1.807) is 19.2 Å². The fourth-order valence-corrected chi connectivity index (χ4v) is 5.27. The average Bonchev–Trinajstić information content (AvgIpc) is 2.66. The molecule has 1 fully saturated rings. The van der Waals surface area contributed by atoms with Gasteiger partial charge in [-0.05, 0) is 65.2 Å². The molecule has 8 heteroatoms. The Balaban J connectivity index is 2.02. The topological polar surface area (TPSA) is 84.0 Å². The van der Waals surface area contributed by atoms with Gasteiger partial charge >= 0.3 is 5.97 Å². The minimum atomic E-state index is -3.64. The molecule has 0 saturated carbocycles. The van der Waals surface area contributed by atoms with Gasteiger partial charge in [-0.1, -0.05) is 12.5 Å². The number of piperidine rings is 1. The summed E-state index contributed by atoms with van der Waals surface area (Å²) in [6, 6.07) is 6.16. The Kier molecular flexibility index (Phi) is 8.05. The zero-order valence-corrected chi connectivity index (χ0v) is 19.5. The summed E-state index contributed by atoms with van der Waals surface area (Å²) in [5.41, 5.74) is -0.211. The van der Waals surface area contributed by atoms with Gasteiger partial charge in [0.15, 0.2) is 0 Å². The molecule has 1 aromatic carbocycles. The van der Waals surface area contributed by atoms with Crippen molar-refractivity contribution in [3.8, 4) is 0 Å². The van der Waals surface area contributed by atoms with Crippen LogP contribution in [0.5, 0.6) is 0 Å². The molecule has 0 aliphatic carbocycles. The van der Waals surface area contributed by atoms with Crippen molar-refractivity contribution in [3.05, 3.63) is 29.8 Å². The Bertz CT molecular complexity index is 861. The van der Waals surface area contributed by atoms with Crippen molar-refractivity contribution in [1.29, 1.82) is 0 Å². The van der Waals surface area contributed by atoms with Crippen LogP contribution in [0.15, 0.2) is 29.2 Å². The third-order valence-electron chi connectivity index (χ3n) is 5.07. The van der Waals surface area contributed by atoms with E-state index in [-0.39, 0.29) is 29.2 Å². The molecule has 0 radical (unpaired) electrons. The van der Waals surface area contributed by atoms with E-state index in [2.05, 4.69) is 0 Å². The lowest BCUT2D eigenvalue weighted by atomic mass is 10.1. The summed E-state index contributed by atoms with van der Waals surface area (Å²) in [6.45, 7) is 8.24. The smallest absolute Gasteiger partial charge is 0.306 e. The first kappa shape index (κ1) is 24.3. The number of carbonyl (C=O) groups is 2. The van der Waals surface area contributed by atoms with Gasteiger partial charge in [-0.3, -0.25) is 9.59 Å². The highest BCUT2D eigenvalue weighted by molar-refractivity contribution is 7.89.